The normalized spacial score (nSPS) is 20.3. The lowest BCUT2D eigenvalue weighted by Gasteiger charge is -2.39. The molecule has 1 fully saturated rings. The predicted molar refractivity (Wildman–Crippen MR) is 69.7 cm³/mol. The first-order chi connectivity index (χ1) is 7.65. The molecule has 1 aliphatic heterocycles. The van der Waals surface area contributed by atoms with E-state index in [9.17, 15) is 0 Å². The van der Waals surface area contributed by atoms with Crippen molar-refractivity contribution in [1.29, 1.82) is 0 Å². The zero-order chi connectivity index (χ0) is 12.0. The van der Waals surface area contributed by atoms with Gasteiger partial charge in [0.25, 0.3) is 0 Å². The van der Waals surface area contributed by atoms with Crippen molar-refractivity contribution >= 4 is 0 Å². The minimum Gasteiger partial charge on any atom is -0.381 e. The van der Waals surface area contributed by atoms with Crippen LogP contribution in [-0.4, -0.2) is 36.7 Å². The summed E-state index contributed by atoms with van der Waals surface area (Å²) in [5.41, 5.74) is 0. The molecular formula is C14H27NO. The lowest BCUT2D eigenvalue weighted by Crippen LogP contribution is -2.46. The number of hydrogen-bond acceptors (Lipinski definition) is 2. The van der Waals surface area contributed by atoms with E-state index in [2.05, 4.69) is 32.3 Å². The molecule has 94 valence electrons. The van der Waals surface area contributed by atoms with E-state index in [1.165, 1.54) is 19.4 Å². The first kappa shape index (κ1) is 13.7. The quantitative estimate of drug-likeness (QED) is 0.644. The molecule has 2 nitrogen and oxygen atoms in total. The van der Waals surface area contributed by atoms with E-state index < -0.39 is 0 Å². The average molecular weight is 225 g/mol. The minimum absolute atomic E-state index is 0.614. The Hall–Kier alpha value is -0.340. The monoisotopic (exact) mass is 225 g/mol. The fourth-order valence-electron chi connectivity index (χ4n) is 2.50. The van der Waals surface area contributed by atoms with Crippen molar-refractivity contribution in [3.63, 3.8) is 0 Å². The smallest absolute Gasteiger partial charge is 0.0480 e. The second-order valence-electron chi connectivity index (χ2n) is 5.31. The Bertz CT molecular complexity index is 197. The zero-order valence-corrected chi connectivity index (χ0v) is 11.1. The van der Waals surface area contributed by atoms with Crippen LogP contribution in [0.4, 0.5) is 0 Å². The zero-order valence-electron chi connectivity index (χ0n) is 11.1. The topological polar surface area (TPSA) is 12.5 Å². The van der Waals surface area contributed by atoms with Gasteiger partial charge in [-0.2, -0.15) is 0 Å². The van der Waals surface area contributed by atoms with Crippen LogP contribution in [0, 0.1) is 5.92 Å². The Balaban J connectivity index is 2.56. The minimum atomic E-state index is 0.614. The van der Waals surface area contributed by atoms with Crippen LogP contribution in [-0.2, 0) is 4.74 Å². The summed E-state index contributed by atoms with van der Waals surface area (Å²) in [5, 5.41) is 0. The van der Waals surface area contributed by atoms with Crippen molar-refractivity contribution in [1.82, 2.24) is 4.90 Å². The van der Waals surface area contributed by atoms with E-state index in [1.54, 1.807) is 0 Å². The molecule has 0 aromatic carbocycles. The van der Waals surface area contributed by atoms with E-state index in [1.807, 2.05) is 6.08 Å². The van der Waals surface area contributed by atoms with Crippen molar-refractivity contribution in [3.8, 4) is 0 Å². The van der Waals surface area contributed by atoms with E-state index >= 15 is 0 Å². The highest BCUT2D eigenvalue weighted by molar-refractivity contribution is 4.83. The van der Waals surface area contributed by atoms with E-state index in [0.29, 0.717) is 12.1 Å². The Morgan fingerprint density at radius 3 is 2.44 bits per heavy atom. The van der Waals surface area contributed by atoms with Gasteiger partial charge >= 0.3 is 0 Å². The molecule has 1 aliphatic rings. The molecule has 0 aromatic rings. The molecule has 0 amide bonds. The van der Waals surface area contributed by atoms with E-state index in [0.717, 1.165) is 25.6 Å². The molecule has 1 unspecified atom stereocenters. The summed E-state index contributed by atoms with van der Waals surface area (Å²) in [6.07, 6.45) is 5.50. The van der Waals surface area contributed by atoms with Gasteiger partial charge in [-0.3, -0.25) is 4.90 Å². The summed E-state index contributed by atoms with van der Waals surface area (Å²) < 4.78 is 5.45. The first-order valence-corrected chi connectivity index (χ1v) is 6.59. The third-order valence-electron chi connectivity index (χ3n) is 3.31. The van der Waals surface area contributed by atoms with Gasteiger partial charge in [-0.15, -0.1) is 6.58 Å². The van der Waals surface area contributed by atoms with Gasteiger partial charge in [0.15, 0.2) is 0 Å². The summed E-state index contributed by atoms with van der Waals surface area (Å²) in [6, 6.07) is 1.33. The van der Waals surface area contributed by atoms with Crippen molar-refractivity contribution in [2.45, 2.75) is 52.1 Å². The summed E-state index contributed by atoms with van der Waals surface area (Å²) in [7, 11) is 0. The largest absolute Gasteiger partial charge is 0.381 e. The molecule has 0 spiro atoms. The molecule has 16 heavy (non-hydrogen) atoms. The highest BCUT2D eigenvalue weighted by Gasteiger charge is 2.25. The fraction of sp³-hybridized carbons (Fsp3) is 0.857. The average Bonchev–Trinajstić information content (AvgIpc) is 2.27. The van der Waals surface area contributed by atoms with Crippen LogP contribution in [0.2, 0.25) is 0 Å². The second kappa shape index (κ2) is 7.08. The van der Waals surface area contributed by atoms with Crippen LogP contribution in [0.1, 0.15) is 40.0 Å². The molecule has 0 N–H and O–H groups in total. The van der Waals surface area contributed by atoms with Crippen molar-refractivity contribution < 1.29 is 4.74 Å². The van der Waals surface area contributed by atoms with E-state index in [4.69, 9.17) is 4.74 Å². The Morgan fingerprint density at radius 1 is 1.31 bits per heavy atom. The van der Waals surface area contributed by atoms with Crippen LogP contribution in [0.25, 0.3) is 0 Å². The summed E-state index contributed by atoms with van der Waals surface area (Å²) >= 11 is 0. The molecule has 0 aromatic heterocycles. The Kier molecular flexibility index (Phi) is 6.07. The highest BCUT2D eigenvalue weighted by atomic mass is 16.5. The van der Waals surface area contributed by atoms with Crippen LogP contribution in [0.5, 0.6) is 0 Å². The van der Waals surface area contributed by atoms with Crippen LogP contribution >= 0.6 is 0 Å². The highest BCUT2D eigenvalue weighted by Crippen LogP contribution is 2.20. The molecule has 1 atom stereocenters. The maximum absolute atomic E-state index is 5.45. The molecule has 2 heteroatoms. The lowest BCUT2D eigenvalue weighted by atomic mass is 10.0. The van der Waals surface area contributed by atoms with Gasteiger partial charge in [-0.25, -0.2) is 0 Å². The molecule has 1 saturated heterocycles. The molecule has 0 bridgehead atoms. The summed E-state index contributed by atoms with van der Waals surface area (Å²) in [6.45, 7) is 13.8. The number of hydrogen-bond donors (Lipinski definition) is 0. The molecule has 0 radical (unpaired) electrons. The van der Waals surface area contributed by atoms with Crippen LogP contribution in [0.15, 0.2) is 12.7 Å². The van der Waals surface area contributed by atoms with Crippen molar-refractivity contribution in [2.24, 2.45) is 5.92 Å². The molecule has 1 rings (SSSR count). The van der Waals surface area contributed by atoms with Crippen LogP contribution in [0.3, 0.4) is 0 Å². The third kappa shape index (κ3) is 4.26. The molecule has 0 aliphatic carbocycles. The summed E-state index contributed by atoms with van der Waals surface area (Å²) in [5.74, 6) is 0.732. The van der Waals surface area contributed by atoms with Gasteiger partial charge in [0.2, 0.25) is 0 Å². The maximum Gasteiger partial charge on any atom is 0.0480 e. The molecule has 1 heterocycles. The third-order valence-corrected chi connectivity index (χ3v) is 3.31. The standard InChI is InChI=1S/C14H27NO/c1-5-6-13(4)15(11-12(2)3)14-7-9-16-10-8-14/h5,12-14H,1,6-11H2,2-4H3. The second-order valence-corrected chi connectivity index (χ2v) is 5.31. The number of nitrogens with zero attached hydrogens (tertiary/aromatic N) is 1. The van der Waals surface area contributed by atoms with Gasteiger partial charge in [-0.1, -0.05) is 19.9 Å². The lowest BCUT2D eigenvalue weighted by molar-refractivity contribution is 0.0151. The number of rotatable bonds is 6. The number of ether oxygens (including phenoxy) is 1. The molecular weight excluding hydrogens is 198 g/mol. The van der Waals surface area contributed by atoms with Gasteiger partial charge in [0.1, 0.15) is 0 Å². The molecule has 0 saturated carbocycles. The summed E-state index contributed by atoms with van der Waals surface area (Å²) in [4.78, 5) is 2.66. The maximum atomic E-state index is 5.45. The van der Waals surface area contributed by atoms with Gasteiger partial charge in [0, 0.05) is 31.8 Å². The van der Waals surface area contributed by atoms with Crippen molar-refractivity contribution in [2.75, 3.05) is 19.8 Å². The SMILES string of the molecule is C=CCC(C)N(CC(C)C)C1CCOCC1. The van der Waals surface area contributed by atoms with Gasteiger partial charge in [0.05, 0.1) is 0 Å². The Morgan fingerprint density at radius 2 is 1.94 bits per heavy atom. The van der Waals surface area contributed by atoms with E-state index in [-0.39, 0.29) is 0 Å². The fourth-order valence-corrected chi connectivity index (χ4v) is 2.50. The van der Waals surface area contributed by atoms with Gasteiger partial charge < -0.3 is 4.74 Å². The predicted octanol–water partition coefficient (Wildman–Crippen LogP) is 3.09. The van der Waals surface area contributed by atoms with Gasteiger partial charge in [-0.05, 0) is 32.1 Å². The van der Waals surface area contributed by atoms with Crippen molar-refractivity contribution in [3.05, 3.63) is 12.7 Å². The first-order valence-electron chi connectivity index (χ1n) is 6.59. The van der Waals surface area contributed by atoms with Crippen LogP contribution < -0.4 is 0 Å². The Labute approximate surface area is 101 Å².